The highest BCUT2D eigenvalue weighted by molar-refractivity contribution is 5.84. The number of hydrogen-bond donors (Lipinski definition) is 2. The van der Waals surface area contributed by atoms with Crippen LogP contribution in [0.15, 0.2) is 29.1 Å². The van der Waals surface area contributed by atoms with Crippen LogP contribution in [0.3, 0.4) is 0 Å². The van der Waals surface area contributed by atoms with Crippen LogP contribution >= 0.6 is 0 Å². The summed E-state index contributed by atoms with van der Waals surface area (Å²) < 4.78 is 27.8. The molecule has 0 unspecified atom stereocenters. The SMILES string of the molecule is CN(Cc1nc2ccccc2c(=O)[nH]1)C(=O)C(F)(F)C(C)(C)O. The predicted octanol–water partition coefficient (Wildman–Crippen LogP) is 1.29. The van der Waals surface area contributed by atoms with Crippen molar-refractivity contribution in [2.75, 3.05) is 7.05 Å². The van der Waals surface area contributed by atoms with Crippen LogP contribution in [-0.2, 0) is 11.3 Å². The number of benzene rings is 1. The molecule has 2 rings (SSSR count). The number of carbonyl (C=O) groups excluding carboxylic acids is 1. The molecule has 2 N–H and O–H groups in total. The molecule has 0 spiro atoms. The Kier molecular flexibility index (Phi) is 4.21. The molecular formula is C15H17F2N3O3. The van der Waals surface area contributed by atoms with Crippen LogP contribution in [0.25, 0.3) is 10.9 Å². The van der Waals surface area contributed by atoms with Crippen molar-refractivity contribution < 1.29 is 18.7 Å². The van der Waals surface area contributed by atoms with Crippen molar-refractivity contribution in [1.29, 1.82) is 0 Å². The summed E-state index contributed by atoms with van der Waals surface area (Å²) in [5.74, 6) is -5.43. The molecule has 1 amide bonds. The number of nitrogens with zero attached hydrogens (tertiary/aromatic N) is 2. The Morgan fingerprint density at radius 3 is 2.57 bits per heavy atom. The van der Waals surface area contributed by atoms with Gasteiger partial charge in [-0.05, 0) is 26.0 Å². The number of aromatic nitrogens is 2. The van der Waals surface area contributed by atoms with Gasteiger partial charge in [-0.25, -0.2) is 4.98 Å². The van der Waals surface area contributed by atoms with Crippen LogP contribution in [0, 0.1) is 0 Å². The van der Waals surface area contributed by atoms with Gasteiger partial charge < -0.3 is 15.0 Å². The summed E-state index contributed by atoms with van der Waals surface area (Å²) in [5.41, 5.74) is -2.51. The number of aliphatic hydroxyl groups is 1. The van der Waals surface area contributed by atoms with E-state index < -0.39 is 23.0 Å². The molecule has 2 aromatic rings. The monoisotopic (exact) mass is 325 g/mol. The normalized spacial score (nSPS) is 12.4. The van der Waals surface area contributed by atoms with Gasteiger partial charge in [0.2, 0.25) is 0 Å². The molecule has 1 aromatic carbocycles. The zero-order chi connectivity index (χ0) is 17.4. The van der Waals surface area contributed by atoms with Crippen LogP contribution in [0.1, 0.15) is 19.7 Å². The fraction of sp³-hybridized carbons (Fsp3) is 0.400. The van der Waals surface area contributed by atoms with Crippen molar-refractivity contribution in [3.63, 3.8) is 0 Å². The molecule has 0 radical (unpaired) electrons. The average molecular weight is 325 g/mol. The number of H-pyrrole nitrogens is 1. The summed E-state index contributed by atoms with van der Waals surface area (Å²) in [6.45, 7) is 1.40. The molecule has 0 aliphatic rings. The van der Waals surface area contributed by atoms with Crippen molar-refractivity contribution in [2.45, 2.75) is 31.9 Å². The number of aromatic amines is 1. The van der Waals surface area contributed by atoms with E-state index in [1.165, 1.54) is 0 Å². The van der Waals surface area contributed by atoms with Gasteiger partial charge in [-0.15, -0.1) is 0 Å². The Labute approximate surface area is 130 Å². The number of hydrogen-bond acceptors (Lipinski definition) is 4. The number of carbonyl (C=O) groups is 1. The highest BCUT2D eigenvalue weighted by Gasteiger charge is 2.53. The maximum Gasteiger partial charge on any atom is 0.352 e. The number of amides is 1. The van der Waals surface area contributed by atoms with Crippen LogP contribution in [0.2, 0.25) is 0 Å². The van der Waals surface area contributed by atoms with Gasteiger partial charge in [0.05, 0.1) is 17.4 Å². The summed E-state index contributed by atoms with van der Waals surface area (Å²) in [6, 6.07) is 6.57. The summed E-state index contributed by atoms with van der Waals surface area (Å²) in [4.78, 5) is 31.1. The molecule has 23 heavy (non-hydrogen) atoms. The zero-order valence-corrected chi connectivity index (χ0v) is 12.9. The summed E-state index contributed by atoms with van der Waals surface area (Å²) in [6.07, 6.45) is 0. The van der Waals surface area contributed by atoms with E-state index in [1.807, 2.05) is 0 Å². The molecule has 124 valence electrons. The van der Waals surface area contributed by atoms with Crippen molar-refractivity contribution >= 4 is 16.8 Å². The van der Waals surface area contributed by atoms with Gasteiger partial charge in [0, 0.05) is 7.05 Å². The quantitative estimate of drug-likeness (QED) is 0.887. The van der Waals surface area contributed by atoms with E-state index in [9.17, 15) is 23.5 Å². The molecule has 1 heterocycles. The van der Waals surface area contributed by atoms with Gasteiger partial charge in [0.15, 0.2) is 0 Å². The van der Waals surface area contributed by atoms with E-state index in [-0.39, 0.29) is 12.4 Å². The molecule has 0 atom stereocenters. The van der Waals surface area contributed by atoms with E-state index >= 15 is 0 Å². The molecule has 0 bridgehead atoms. The topological polar surface area (TPSA) is 86.3 Å². The fourth-order valence-electron chi connectivity index (χ4n) is 2.01. The van der Waals surface area contributed by atoms with Gasteiger partial charge in [0.1, 0.15) is 11.4 Å². The zero-order valence-electron chi connectivity index (χ0n) is 12.9. The van der Waals surface area contributed by atoms with Crippen molar-refractivity contribution in [1.82, 2.24) is 14.9 Å². The lowest BCUT2D eigenvalue weighted by molar-refractivity contribution is -0.192. The van der Waals surface area contributed by atoms with Gasteiger partial charge in [-0.3, -0.25) is 9.59 Å². The molecule has 6 nitrogen and oxygen atoms in total. The molecular weight excluding hydrogens is 308 g/mol. The smallest absolute Gasteiger partial charge is 0.352 e. The second-order valence-corrected chi connectivity index (χ2v) is 5.82. The molecule has 0 saturated carbocycles. The maximum atomic E-state index is 13.9. The maximum absolute atomic E-state index is 13.9. The first kappa shape index (κ1) is 17.0. The van der Waals surface area contributed by atoms with Crippen molar-refractivity contribution in [3.05, 3.63) is 40.4 Å². The minimum absolute atomic E-state index is 0.0797. The molecule has 0 aliphatic carbocycles. The van der Waals surface area contributed by atoms with Gasteiger partial charge >= 0.3 is 5.92 Å². The number of nitrogens with one attached hydrogen (secondary N) is 1. The Bertz CT molecular complexity index is 796. The van der Waals surface area contributed by atoms with Crippen molar-refractivity contribution in [3.8, 4) is 0 Å². The third kappa shape index (κ3) is 3.21. The number of alkyl halides is 2. The third-order valence-electron chi connectivity index (χ3n) is 3.43. The molecule has 0 fully saturated rings. The second-order valence-electron chi connectivity index (χ2n) is 5.82. The number of para-hydroxylation sites is 1. The fourth-order valence-corrected chi connectivity index (χ4v) is 2.01. The third-order valence-corrected chi connectivity index (χ3v) is 3.43. The highest BCUT2D eigenvalue weighted by Crippen LogP contribution is 2.30. The van der Waals surface area contributed by atoms with E-state index in [1.54, 1.807) is 24.3 Å². The van der Waals surface area contributed by atoms with E-state index in [4.69, 9.17) is 0 Å². The second kappa shape index (κ2) is 5.69. The highest BCUT2D eigenvalue weighted by atomic mass is 19.3. The Hall–Kier alpha value is -2.35. The first-order valence-corrected chi connectivity index (χ1v) is 6.87. The van der Waals surface area contributed by atoms with Crippen molar-refractivity contribution in [2.24, 2.45) is 0 Å². The van der Waals surface area contributed by atoms with E-state index in [0.717, 1.165) is 20.9 Å². The molecule has 8 heteroatoms. The van der Waals surface area contributed by atoms with Gasteiger partial charge in [-0.1, -0.05) is 12.1 Å². The summed E-state index contributed by atoms with van der Waals surface area (Å²) >= 11 is 0. The first-order chi connectivity index (χ1) is 10.5. The number of fused-ring (bicyclic) bond motifs is 1. The standard InChI is InChI=1S/C15H17F2N3O3/c1-14(2,23)15(16,17)13(22)20(3)8-11-18-10-7-5-4-6-9(10)12(21)19-11/h4-7,23H,8H2,1-3H3,(H,18,19,21). The van der Waals surface area contributed by atoms with Crippen LogP contribution in [-0.4, -0.2) is 44.5 Å². The largest absolute Gasteiger partial charge is 0.384 e. The lowest BCUT2D eigenvalue weighted by atomic mass is 9.99. The van der Waals surface area contributed by atoms with Crippen LogP contribution in [0.4, 0.5) is 8.78 Å². The molecule has 0 aliphatic heterocycles. The van der Waals surface area contributed by atoms with Crippen LogP contribution in [0.5, 0.6) is 0 Å². The minimum Gasteiger partial charge on any atom is -0.384 e. The predicted molar refractivity (Wildman–Crippen MR) is 80.1 cm³/mol. The van der Waals surface area contributed by atoms with Gasteiger partial charge in [0.25, 0.3) is 11.5 Å². The average Bonchev–Trinajstić information content (AvgIpc) is 2.45. The Balaban J connectivity index is 2.29. The van der Waals surface area contributed by atoms with Crippen LogP contribution < -0.4 is 5.56 Å². The Morgan fingerprint density at radius 1 is 1.35 bits per heavy atom. The number of rotatable bonds is 4. The lowest BCUT2D eigenvalue weighted by Gasteiger charge is -2.31. The minimum atomic E-state index is -3.96. The van der Waals surface area contributed by atoms with E-state index in [2.05, 4.69) is 9.97 Å². The molecule has 0 saturated heterocycles. The van der Waals surface area contributed by atoms with E-state index in [0.29, 0.717) is 15.8 Å². The summed E-state index contributed by atoms with van der Waals surface area (Å²) in [5, 5.41) is 9.81. The molecule has 1 aromatic heterocycles. The Morgan fingerprint density at radius 2 is 1.96 bits per heavy atom. The summed E-state index contributed by atoms with van der Waals surface area (Å²) in [7, 11) is 1.15. The first-order valence-electron chi connectivity index (χ1n) is 6.87. The number of halogens is 2. The lowest BCUT2D eigenvalue weighted by Crippen LogP contribution is -2.54. The van der Waals surface area contributed by atoms with Gasteiger partial charge in [-0.2, -0.15) is 8.78 Å².